The highest BCUT2D eigenvalue weighted by Crippen LogP contribution is 2.30. The summed E-state index contributed by atoms with van der Waals surface area (Å²) >= 11 is 4.33. The maximum Gasteiger partial charge on any atom is 0.243 e. The van der Waals surface area contributed by atoms with Crippen LogP contribution in [-0.4, -0.2) is 50.9 Å². The van der Waals surface area contributed by atoms with Gasteiger partial charge in [0.1, 0.15) is 11.7 Å². The lowest BCUT2D eigenvalue weighted by Crippen LogP contribution is -2.59. The number of pyridine rings is 1. The van der Waals surface area contributed by atoms with Gasteiger partial charge >= 0.3 is 0 Å². The fourth-order valence-electron chi connectivity index (χ4n) is 2.44. The summed E-state index contributed by atoms with van der Waals surface area (Å²) in [6.45, 7) is 1.92. The standard InChI is InChI=1S/C14H20FN3O2S/c1-14(16,13(20)18-7-4-10(15)8-18)12(21)11(19)9-2-5-17-6-3-9/h2-3,5-6,10-12,19,21H,4,7-8,16H2,1H3/t10-,11+,12?,14+/m0/s1. The van der Waals surface area contributed by atoms with Crippen molar-refractivity contribution in [1.29, 1.82) is 0 Å². The van der Waals surface area contributed by atoms with Crippen LogP contribution in [0.15, 0.2) is 24.5 Å². The van der Waals surface area contributed by atoms with Gasteiger partial charge in [-0.25, -0.2) is 4.39 Å². The van der Waals surface area contributed by atoms with Crippen molar-refractivity contribution in [3.8, 4) is 0 Å². The molecule has 0 bridgehead atoms. The van der Waals surface area contributed by atoms with E-state index in [0.29, 0.717) is 18.5 Å². The minimum absolute atomic E-state index is 0.0530. The number of hydrogen-bond donors (Lipinski definition) is 3. The summed E-state index contributed by atoms with van der Waals surface area (Å²) in [4.78, 5) is 17.7. The molecular formula is C14H20FN3O2S. The van der Waals surface area contributed by atoms with Gasteiger partial charge in [-0.1, -0.05) is 0 Å². The van der Waals surface area contributed by atoms with Gasteiger partial charge in [-0.3, -0.25) is 9.78 Å². The Bertz CT molecular complexity index is 500. The van der Waals surface area contributed by atoms with Crippen LogP contribution in [0, 0.1) is 0 Å². The van der Waals surface area contributed by atoms with Crippen molar-refractivity contribution in [2.24, 2.45) is 5.73 Å². The topological polar surface area (TPSA) is 79.5 Å². The molecule has 21 heavy (non-hydrogen) atoms. The maximum atomic E-state index is 13.2. The number of likely N-dealkylation sites (tertiary alicyclic amines) is 1. The van der Waals surface area contributed by atoms with Crippen LogP contribution < -0.4 is 5.73 Å². The first-order valence-corrected chi connectivity index (χ1v) is 7.34. The molecule has 1 aliphatic heterocycles. The molecule has 1 aliphatic rings. The SMILES string of the molecule is C[C@](N)(C(=O)N1CC[C@H](F)C1)C(S)[C@H](O)c1ccncc1. The molecule has 116 valence electrons. The van der Waals surface area contributed by atoms with Gasteiger partial charge in [0.05, 0.1) is 17.9 Å². The monoisotopic (exact) mass is 313 g/mol. The number of amides is 1. The minimum atomic E-state index is -1.39. The number of hydrogen-bond acceptors (Lipinski definition) is 5. The second-order valence-electron chi connectivity index (χ2n) is 5.59. The van der Waals surface area contributed by atoms with Gasteiger partial charge < -0.3 is 15.7 Å². The third-order valence-electron chi connectivity index (χ3n) is 3.84. The molecule has 1 aromatic rings. The predicted octanol–water partition coefficient (Wildman–Crippen LogP) is 0.701. The zero-order chi connectivity index (χ0) is 15.6. The lowest BCUT2D eigenvalue weighted by Gasteiger charge is -2.35. The quantitative estimate of drug-likeness (QED) is 0.715. The van der Waals surface area contributed by atoms with E-state index in [0.717, 1.165) is 0 Å². The van der Waals surface area contributed by atoms with Crippen LogP contribution in [0.4, 0.5) is 4.39 Å². The fraction of sp³-hybridized carbons (Fsp3) is 0.571. The number of nitrogens with two attached hydrogens (primary N) is 1. The van der Waals surface area contributed by atoms with E-state index in [9.17, 15) is 14.3 Å². The Morgan fingerprint density at radius 1 is 1.62 bits per heavy atom. The molecule has 5 nitrogen and oxygen atoms in total. The van der Waals surface area contributed by atoms with E-state index >= 15 is 0 Å². The molecule has 2 heterocycles. The summed E-state index contributed by atoms with van der Waals surface area (Å²) in [5, 5.41) is 9.53. The molecule has 4 atom stereocenters. The van der Waals surface area contributed by atoms with Gasteiger partial charge in [0.15, 0.2) is 0 Å². The number of carbonyl (C=O) groups is 1. The third kappa shape index (κ3) is 3.36. The van der Waals surface area contributed by atoms with E-state index in [2.05, 4.69) is 17.6 Å². The van der Waals surface area contributed by atoms with Crippen molar-refractivity contribution in [3.05, 3.63) is 30.1 Å². The van der Waals surface area contributed by atoms with Gasteiger partial charge in [-0.05, 0) is 31.0 Å². The molecule has 1 unspecified atom stereocenters. The molecular weight excluding hydrogens is 293 g/mol. The average Bonchev–Trinajstić information content (AvgIpc) is 2.92. The lowest BCUT2D eigenvalue weighted by molar-refractivity contribution is -0.136. The summed E-state index contributed by atoms with van der Waals surface area (Å²) < 4.78 is 13.2. The van der Waals surface area contributed by atoms with Crippen LogP contribution in [0.25, 0.3) is 0 Å². The van der Waals surface area contributed by atoms with Crippen molar-refractivity contribution in [3.63, 3.8) is 0 Å². The molecule has 0 aromatic carbocycles. The second kappa shape index (κ2) is 6.29. The summed E-state index contributed by atoms with van der Waals surface area (Å²) in [5.74, 6) is -0.393. The Morgan fingerprint density at radius 2 is 2.24 bits per heavy atom. The van der Waals surface area contributed by atoms with E-state index in [-0.39, 0.29) is 6.54 Å². The smallest absolute Gasteiger partial charge is 0.243 e. The van der Waals surface area contributed by atoms with Gasteiger partial charge in [0, 0.05) is 18.9 Å². The maximum absolute atomic E-state index is 13.2. The van der Waals surface area contributed by atoms with Crippen LogP contribution in [0.2, 0.25) is 0 Å². The van der Waals surface area contributed by atoms with E-state index in [1.54, 1.807) is 24.5 Å². The molecule has 1 fully saturated rings. The minimum Gasteiger partial charge on any atom is -0.387 e. The van der Waals surface area contributed by atoms with Gasteiger partial charge in [0.25, 0.3) is 0 Å². The Hall–Kier alpha value is -1.18. The first kappa shape index (κ1) is 16.2. The van der Waals surface area contributed by atoms with Crippen LogP contribution >= 0.6 is 12.6 Å². The average molecular weight is 313 g/mol. The van der Waals surface area contributed by atoms with E-state index in [1.807, 2.05) is 0 Å². The number of aliphatic hydroxyl groups is 1. The number of nitrogens with zero attached hydrogens (tertiary/aromatic N) is 2. The lowest BCUT2D eigenvalue weighted by atomic mass is 9.90. The van der Waals surface area contributed by atoms with Crippen molar-refractivity contribution in [1.82, 2.24) is 9.88 Å². The number of carbonyl (C=O) groups excluding carboxylic acids is 1. The predicted molar refractivity (Wildman–Crippen MR) is 80.7 cm³/mol. The molecule has 0 spiro atoms. The zero-order valence-corrected chi connectivity index (χ0v) is 12.7. The Labute approximate surface area is 128 Å². The molecule has 0 saturated carbocycles. The first-order chi connectivity index (χ1) is 9.84. The normalized spacial score (nSPS) is 24.4. The molecule has 0 radical (unpaired) electrons. The number of thiol groups is 1. The third-order valence-corrected chi connectivity index (χ3v) is 4.66. The highest BCUT2D eigenvalue weighted by Gasteiger charge is 2.44. The Balaban J connectivity index is 2.12. The van der Waals surface area contributed by atoms with Crippen molar-refractivity contribution in [2.45, 2.75) is 36.4 Å². The Kier molecular flexibility index (Phi) is 4.85. The highest BCUT2D eigenvalue weighted by molar-refractivity contribution is 7.81. The number of aromatic nitrogens is 1. The van der Waals surface area contributed by atoms with Crippen molar-refractivity contribution < 1.29 is 14.3 Å². The zero-order valence-electron chi connectivity index (χ0n) is 11.8. The van der Waals surface area contributed by atoms with E-state index < -0.39 is 29.0 Å². The van der Waals surface area contributed by atoms with Crippen molar-refractivity contribution in [2.75, 3.05) is 13.1 Å². The fourth-order valence-corrected chi connectivity index (χ4v) is 2.72. The van der Waals surface area contributed by atoms with Crippen molar-refractivity contribution >= 4 is 18.5 Å². The molecule has 0 aliphatic carbocycles. The molecule has 1 amide bonds. The summed E-state index contributed by atoms with van der Waals surface area (Å²) in [7, 11) is 0. The van der Waals surface area contributed by atoms with Crippen LogP contribution in [-0.2, 0) is 4.79 Å². The van der Waals surface area contributed by atoms with Gasteiger partial charge in [0.2, 0.25) is 5.91 Å². The largest absolute Gasteiger partial charge is 0.387 e. The van der Waals surface area contributed by atoms with Gasteiger partial charge in [-0.2, -0.15) is 12.6 Å². The molecule has 7 heteroatoms. The number of rotatable bonds is 4. The number of aliphatic hydroxyl groups excluding tert-OH is 1. The van der Waals surface area contributed by atoms with Gasteiger partial charge in [-0.15, -0.1) is 0 Å². The summed E-state index contributed by atoms with van der Waals surface area (Å²) in [5.41, 5.74) is 5.29. The molecule has 2 rings (SSSR count). The summed E-state index contributed by atoms with van der Waals surface area (Å²) in [6.07, 6.45) is 1.39. The van der Waals surface area contributed by atoms with E-state index in [1.165, 1.54) is 11.8 Å². The van der Waals surface area contributed by atoms with Crippen LogP contribution in [0.5, 0.6) is 0 Å². The number of halogens is 1. The first-order valence-electron chi connectivity index (χ1n) is 6.82. The second-order valence-corrected chi connectivity index (χ2v) is 6.15. The molecule has 1 aromatic heterocycles. The van der Waals surface area contributed by atoms with E-state index in [4.69, 9.17) is 5.73 Å². The summed E-state index contributed by atoms with van der Waals surface area (Å²) in [6, 6.07) is 3.28. The highest BCUT2D eigenvalue weighted by atomic mass is 32.1. The molecule has 1 saturated heterocycles. The molecule has 3 N–H and O–H groups in total. The van der Waals surface area contributed by atoms with Crippen LogP contribution in [0.1, 0.15) is 25.0 Å². The Morgan fingerprint density at radius 3 is 2.76 bits per heavy atom. The number of alkyl halides is 1. The van der Waals surface area contributed by atoms with Crippen LogP contribution in [0.3, 0.4) is 0 Å².